The predicted molar refractivity (Wildman–Crippen MR) is 57.9 cm³/mol. The van der Waals surface area contributed by atoms with Gasteiger partial charge in [0.15, 0.2) is 0 Å². The summed E-state index contributed by atoms with van der Waals surface area (Å²) in [5, 5.41) is 5.90. The van der Waals surface area contributed by atoms with Crippen LogP contribution in [0.3, 0.4) is 0 Å². The van der Waals surface area contributed by atoms with Crippen molar-refractivity contribution in [2.75, 3.05) is 13.2 Å². The van der Waals surface area contributed by atoms with Gasteiger partial charge in [-0.3, -0.25) is 4.79 Å². The van der Waals surface area contributed by atoms with Crippen molar-refractivity contribution in [3.63, 3.8) is 0 Å². The molecule has 0 radical (unpaired) electrons. The molecule has 2 heterocycles. The van der Waals surface area contributed by atoms with Crippen LogP contribution >= 0.6 is 11.3 Å². The summed E-state index contributed by atoms with van der Waals surface area (Å²) in [6, 6.07) is 0. The third-order valence-corrected chi connectivity index (χ3v) is 3.43. The highest BCUT2D eigenvalue weighted by atomic mass is 32.1. The maximum atomic E-state index is 10.9. The zero-order valence-electron chi connectivity index (χ0n) is 8.82. The lowest BCUT2D eigenvalue weighted by atomic mass is 10.2. The van der Waals surface area contributed by atoms with Gasteiger partial charge in [-0.15, -0.1) is 11.3 Å². The number of rotatable bonds is 2. The second-order valence-electron chi connectivity index (χ2n) is 3.87. The molecule has 82 valence electrons. The molecule has 15 heavy (non-hydrogen) atoms. The Morgan fingerprint density at radius 2 is 2.47 bits per heavy atom. The van der Waals surface area contributed by atoms with Gasteiger partial charge in [0.05, 0.1) is 10.7 Å². The van der Waals surface area contributed by atoms with Crippen LogP contribution in [0.15, 0.2) is 5.38 Å². The molecule has 1 aromatic rings. The van der Waals surface area contributed by atoms with Crippen molar-refractivity contribution in [2.45, 2.75) is 25.9 Å². The minimum atomic E-state index is -0.0774. The van der Waals surface area contributed by atoms with Gasteiger partial charge in [0.1, 0.15) is 12.7 Å². The van der Waals surface area contributed by atoms with Crippen LogP contribution < -0.4 is 5.32 Å². The molecule has 4 nitrogen and oxygen atoms in total. The highest BCUT2D eigenvalue weighted by Crippen LogP contribution is 2.25. The molecule has 0 saturated carbocycles. The standard InChI is InChI=1S/C10H14N2O2S/c1-6(2)10-12-7(5-15-10)8-3-11-9(13)4-14-8/h5-6,8H,3-4H2,1-2H3,(H,11,13). The van der Waals surface area contributed by atoms with Crippen molar-refractivity contribution in [3.8, 4) is 0 Å². The van der Waals surface area contributed by atoms with E-state index in [4.69, 9.17) is 4.74 Å². The molecule has 0 aliphatic carbocycles. The first-order chi connectivity index (χ1) is 7.16. The Bertz CT molecular complexity index is 352. The lowest BCUT2D eigenvalue weighted by molar-refractivity contribution is -0.133. The minimum absolute atomic E-state index is 0.0504. The summed E-state index contributed by atoms with van der Waals surface area (Å²) >= 11 is 1.65. The van der Waals surface area contributed by atoms with Gasteiger partial charge >= 0.3 is 0 Å². The normalized spacial score (nSPS) is 21.8. The zero-order chi connectivity index (χ0) is 10.8. The molecule has 1 aliphatic rings. The number of nitrogens with one attached hydrogen (secondary N) is 1. The first-order valence-corrected chi connectivity index (χ1v) is 5.88. The second-order valence-corrected chi connectivity index (χ2v) is 4.76. The highest BCUT2D eigenvalue weighted by Gasteiger charge is 2.22. The quantitative estimate of drug-likeness (QED) is 0.830. The van der Waals surface area contributed by atoms with Crippen molar-refractivity contribution >= 4 is 17.2 Å². The van der Waals surface area contributed by atoms with Crippen LogP contribution in [0.2, 0.25) is 0 Å². The number of thiazole rings is 1. The van der Waals surface area contributed by atoms with E-state index in [1.165, 1.54) is 0 Å². The largest absolute Gasteiger partial charge is 0.360 e. The summed E-state index contributed by atoms with van der Waals surface area (Å²) in [5.41, 5.74) is 0.934. The Hall–Kier alpha value is -0.940. The zero-order valence-corrected chi connectivity index (χ0v) is 9.63. The number of morpholine rings is 1. The van der Waals surface area contributed by atoms with E-state index in [0.29, 0.717) is 12.5 Å². The minimum Gasteiger partial charge on any atom is -0.360 e. The van der Waals surface area contributed by atoms with Crippen molar-refractivity contribution in [2.24, 2.45) is 0 Å². The lowest BCUT2D eigenvalue weighted by Gasteiger charge is -2.21. The van der Waals surface area contributed by atoms with E-state index in [2.05, 4.69) is 24.1 Å². The number of hydrogen-bond acceptors (Lipinski definition) is 4. The van der Waals surface area contributed by atoms with Crippen molar-refractivity contribution in [1.29, 1.82) is 0 Å². The Labute approximate surface area is 92.7 Å². The molecular weight excluding hydrogens is 212 g/mol. The van der Waals surface area contributed by atoms with Gasteiger partial charge < -0.3 is 10.1 Å². The summed E-state index contributed by atoms with van der Waals surface area (Å²) in [4.78, 5) is 15.4. The molecule has 1 amide bonds. The average Bonchev–Trinajstić information content (AvgIpc) is 2.68. The molecule has 1 fully saturated rings. The van der Waals surface area contributed by atoms with Gasteiger partial charge in [0, 0.05) is 17.8 Å². The van der Waals surface area contributed by atoms with Crippen LogP contribution in [0, 0.1) is 0 Å². The molecule has 1 N–H and O–H groups in total. The Kier molecular flexibility index (Phi) is 3.02. The molecule has 1 aromatic heterocycles. The van der Waals surface area contributed by atoms with Gasteiger partial charge in [-0.05, 0) is 0 Å². The Morgan fingerprint density at radius 1 is 1.67 bits per heavy atom. The van der Waals surface area contributed by atoms with Crippen LogP contribution in [-0.2, 0) is 9.53 Å². The van der Waals surface area contributed by atoms with Gasteiger partial charge in [-0.2, -0.15) is 0 Å². The van der Waals surface area contributed by atoms with Crippen LogP contribution in [0.4, 0.5) is 0 Å². The predicted octanol–water partition coefficient (Wildman–Crippen LogP) is 1.45. The maximum absolute atomic E-state index is 10.9. The van der Waals surface area contributed by atoms with Crippen LogP contribution in [-0.4, -0.2) is 24.0 Å². The fraction of sp³-hybridized carbons (Fsp3) is 0.600. The van der Waals surface area contributed by atoms with Crippen molar-refractivity contribution < 1.29 is 9.53 Å². The SMILES string of the molecule is CC(C)c1nc(C2CNC(=O)CO2)cs1. The van der Waals surface area contributed by atoms with Crippen LogP contribution in [0.1, 0.15) is 36.6 Å². The maximum Gasteiger partial charge on any atom is 0.246 e. The van der Waals surface area contributed by atoms with E-state index in [1.807, 2.05) is 5.38 Å². The summed E-state index contributed by atoms with van der Waals surface area (Å²) in [5.74, 6) is 0.396. The molecule has 0 aromatic carbocycles. The van der Waals surface area contributed by atoms with E-state index in [9.17, 15) is 4.79 Å². The second kappa shape index (κ2) is 4.28. The van der Waals surface area contributed by atoms with Crippen LogP contribution in [0.25, 0.3) is 0 Å². The third kappa shape index (κ3) is 2.35. The fourth-order valence-electron chi connectivity index (χ4n) is 1.40. The van der Waals surface area contributed by atoms with E-state index < -0.39 is 0 Å². The highest BCUT2D eigenvalue weighted by molar-refractivity contribution is 7.09. The Balaban J connectivity index is 2.06. The summed E-state index contributed by atoms with van der Waals surface area (Å²) in [6.45, 7) is 4.90. The average molecular weight is 226 g/mol. The summed E-state index contributed by atoms with van der Waals surface area (Å²) in [7, 11) is 0. The summed E-state index contributed by atoms with van der Waals surface area (Å²) in [6.07, 6.45) is -0.0774. The van der Waals surface area contributed by atoms with E-state index in [-0.39, 0.29) is 18.6 Å². The summed E-state index contributed by atoms with van der Waals surface area (Å²) < 4.78 is 5.40. The Morgan fingerprint density at radius 3 is 3.00 bits per heavy atom. The third-order valence-electron chi connectivity index (χ3n) is 2.26. The fourth-order valence-corrected chi connectivity index (χ4v) is 2.27. The monoisotopic (exact) mass is 226 g/mol. The molecule has 1 aliphatic heterocycles. The van der Waals surface area contributed by atoms with E-state index in [0.717, 1.165) is 10.7 Å². The molecule has 2 rings (SSSR count). The first kappa shape index (κ1) is 10.6. The molecular formula is C10H14N2O2S. The lowest BCUT2D eigenvalue weighted by Crippen LogP contribution is -2.38. The first-order valence-electron chi connectivity index (χ1n) is 5.00. The number of nitrogens with zero attached hydrogens (tertiary/aromatic N) is 1. The number of carbonyl (C=O) groups excluding carboxylic acids is 1. The van der Waals surface area contributed by atoms with Crippen molar-refractivity contribution in [3.05, 3.63) is 16.1 Å². The number of ether oxygens (including phenoxy) is 1. The molecule has 0 spiro atoms. The molecule has 1 unspecified atom stereocenters. The number of hydrogen-bond donors (Lipinski definition) is 1. The number of carbonyl (C=O) groups is 1. The van der Waals surface area contributed by atoms with Gasteiger partial charge in [-0.25, -0.2) is 4.98 Å². The number of aromatic nitrogens is 1. The molecule has 1 atom stereocenters. The van der Waals surface area contributed by atoms with Gasteiger partial charge in [0.2, 0.25) is 5.91 Å². The molecule has 0 bridgehead atoms. The number of amides is 1. The smallest absolute Gasteiger partial charge is 0.246 e. The van der Waals surface area contributed by atoms with Gasteiger partial charge in [-0.1, -0.05) is 13.8 Å². The van der Waals surface area contributed by atoms with E-state index in [1.54, 1.807) is 11.3 Å². The van der Waals surface area contributed by atoms with Gasteiger partial charge in [0.25, 0.3) is 0 Å². The van der Waals surface area contributed by atoms with E-state index >= 15 is 0 Å². The van der Waals surface area contributed by atoms with Crippen molar-refractivity contribution in [1.82, 2.24) is 10.3 Å². The molecule has 1 saturated heterocycles. The topological polar surface area (TPSA) is 51.2 Å². The van der Waals surface area contributed by atoms with Crippen LogP contribution in [0.5, 0.6) is 0 Å². The molecule has 5 heteroatoms.